The Morgan fingerprint density at radius 1 is 0.927 bits per heavy atom. The Balaban J connectivity index is 1.16. The molecule has 3 heterocycles. The molecule has 0 saturated carbocycles. The summed E-state index contributed by atoms with van der Waals surface area (Å²) in [5, 5.41) is 10.7. The number of thiophene rings is 1. The van der Waals surface area contributed by atoms with Crippen LogP contribution in [-0.4, -0.2) is 39.7 Å². The third-order valence-electron chi connectivity index (χ3n) is 7.59. The number of amides is 3. The fourth-order valence-electron chi connectivity index (χ4n) is 5.10. The van der Waals surface area contributed by atoms with Crippen LogP contribution in [0.25, 0.3) is 5.69 Å². The van der Waals surface area contributed by atoms with Crippen LogP contribution in [0.15, 0.2) is 66.7 Å². The van der Waals surface area contributed by atoms with Crippen LogP contribution in [-0.2, 0) is 11.8 Å². The fourth-order valence-corrected chi connectivity index (χ4v) is 5.94. The molecule has 3 amide bonds. The average Bonchev–Trinajstić information content (AvgIpc) is 3.57. The summed E-state index contributed by atoms with van der Waals surface area (Å²) in [5.74, 6) is 1.32. The van der Waals surface area contributed by atoms with Crippen molar-refractivity contribution in [3.8, 4) is 5.69 Å². The highest BCUT2D eigenvalue weighted by atomic mass is 32.1. The summed E-state index contributed by atoms with van der Waals surface area (Å²) in [6, 6.07) is 21.7. The number of benzene rings is 2. The second-order valence-electron chi connectivity index (χ2n) is 12.0. The lowest BCUT2D eigenvalue weighted by atomic mass is 9.90. The Morgan fingerprint density at radius 2 is 1.61 bits per heavy atom. The van der Waals surface area contributed by atoms with Crippen LogP contribution in [0.3, 0.4) is 0 Å². The van der Waals surface area contributed by atoms with E-state index < -0.39 is 0 Å². The SMILES string of the molecule is Cc1ccc(-n2nc(C(C)(C)C)cc2NC(=O)Nc2ccc(CC3CCN(C(=O)c4ccc(C)s4)CC3)cc2)cc1. The predicted molar refractivity (Wildman–Crippen MR) is 167 cm³/mol. The molecule has 214 valence electrons. The summed E-state index contributed by atoms with van der Waals surface area (Å²) in [4.78, 5) is 29.7. The van der Waals surface area contributed by atoms with Gasteiger partial charge in [0.1, 0.15) is 5.82 Å². The van der Waals surface area contributed by atoms with Crippen LogP contribution in [0, 0.1) is 19.8 Å². The number of hydrogen-bond donors (Lipinski definition) is 2. The van der Waals surface area contributed by atoms with E-state index in [0.717, 1.165) is 59.9 Å². The molecule has 2 N–H and O–H groups in total. The summed E-state index contributed by atoms with van der Waals surface area (Å²) in [6.07, 6.45) is 2.98. The van der Waals surface area contributed by atoms with Gasteiger partial charge in [-0.1, -0.05) is 50.6 Å². The van der Waals surface area contributed by atoms with Gasteiger partial charge in [-0.2, -0.15) is 5.10 Å². The van der Waals surface area contributed by atoms with E-state index in [1.807, 2.05) is 73.3 Å². The maximum atomic E-state index is 13.0. The van der Waals surface area contributed by atoms with Gasteiger partial charge >= 0.3 is 6.03 Å². The monoisotopic (exact) mass is 569 g/mol. The molecule has 1 fully saturated rings. The summed E-state index contributed by atoms with van der Waals surface area (Å²) < 4.78 is 1.78. The Morgan fingerprint density at radius 3 is 2.22 bits per heavy atom. The van der Waals surface area contributed by atoms with Gasteiger partial charge in [0.25, 0.3) is 5.91 Å². The van der Waals surface area contributed by atoms with E-state index in [0.29, 0.717) is 11.7 Å². The second kappa shape index (κ2) is 11.9. The number of piperidine rings is 1. The minimum absolute atomic E-state index is 0.159. The molecule has 0 unspecified atom stereocenters. The highest BCUT2D eigenvalue weighted by Crippen LogP contribution is 2.28. The molecular formula is C33H39N5O2S. The molecule has 1 aliphatic heterocycles. The maximum Gasteiger partial charge on any atom is 0.324 e. The topological polar surface area (TPSA) is 79.3 Å². The predicted octanol–water partition coefficient (Wildman–Crippen LogP) is 7.59. The first kappa shape index (κ1) is 28.6. The lowest BCUT2D eigenvalue weighted by molar-refractivity contribution is 0.0695. The molecule has 7 nitrogen and oxygen atoms in total. The van der Waals surface area contributed by atoms with E-state index in [4.69, 9.17) is 5.10 Å². The first-order valence-corrected chi connectivity index (χ1v) is 15.1. The van der Waals surface area contributed by atoms with Crippen molar-refractivity contribution >= 4 is 34.8 Å². The zero-order chi connectivity index (χ0) is 29.1. The number of aromatic nitrogens is 2. The van der Waals surface area contributed by atoms with Gasteiger partial charge in [-0.3, -0.25) is 10.1 Å². The minimum atomic E-state index is -0.315. The van der Waals surface area contributed by atoms with E-state index >= 15 is 0 Å². The van der Waals surface area contributed by atoms with Crippen LogP contribution in [0.2, 0.25) is 0 Å². The van der Waals surface area contributed by atoms with Crippen molar-refractivity contribution in [2.24, 2.45) is 5.92 Å². The van der Waals surface area contributed by atoms with Crippen molar-refractivity contribution < 1.29 is 9.59 Å². The Bertz CT molecular complexity index is 1500. The average molecular weight is 570 g/mol. The largest absolute Gasteiger partial charge is 0.338 e. The summed E-state index contributed by atoms with van der Waals surface area (Å²) >= 11 is 1.57. The number of carbonyl (C=O) groups excluding carboxylic acids is 2. The molecule has 2 aromatic carbocycles. The highest BCUT2D eigenvalue weighted by Gasteiger charge is 2.25. The first-order chi connectivity index (χ1) is 19.5. The van der Waals surface area contributed by atoms with Gasteiger partial charge in [0, 0.05) is 35.1 Å². The van der Waals surface area contributed by atoms with Crippen molar-refractivity contribution in [1.82, 2.24) is 14.7 Å². The number of aryl methyl sites for hydroxylation is 2. The van der Waals surface area contributed by atoms with Crippen molar-refractivity contribution in [2.75, 3.05) is 23.7 Å². The van der Waals surface area contributed by atoms with Gasteiger partial charge < -0.3 is 10.2 Å². The maximum absolute atomic E-state index is 13.0. The standard InChI is InChI=1S/C33H39N5O2S/c1-22-6-13-27(14-7-22)38-30(21-29(36-38)33(3,4)5)35-32(40)34-26-11-9-24(10-12-26)20-25-16-18-37(19-17-25)31(39)28-15-8-23(2)41-28/h6-15,21,25H,16-20H2,1-5H3,(H2,34,35,40). The number of hydrogen-bond acceptors (Lipinski definition) is 4. The van der Waals surface area contributed by atoms with Gasteiger partial charge in [0.15, 0.2) is 0 Å². The normalized spacial score (nSPS) is 14.2. The summed E-state index contributed by atoms with van der Waals surface area (Å²) in [5.41, 5.74) is 4.76. The van der Waals surface area contributed by atoms with Crippen LogP contribution < -0.4 is 10.6 Å². The van der Waals surface area contributed by atoms with Crippen LogP contribution in [0.5, 0.6) is 0 Å². The molecule has 41 heavy (non-hydrogen) atoms. The third-order valence-corrected chi connectivity index (χ3v) is 8.58. The van der Waals surface area contributed by atoms with Gasteiger partial charge in [0.05, 0.1) is 16.3 Å². The number of carbonyl (C=O) groups is 2. The number of rotatable bonds is 6. The van der Waals surface area contributed by atoms with Crippen molar-refractivity contribution in [3.05, 3.63) is 93.3 Å². The molecule has 5 rings (SSSR count). The molecule has 1 saturated heterocycles. The van der Waals surface area contributed by atoms with Gasteiger partial charge in [-0.25, -0.2) is 9.48 Å². The van der Waals surface area contributed by atoms with Crippen LogP contribution >= 0.6 is 11.3 Å². The zero-order valence-electron chi connectivity index (χ0n) is 24.5. The molecule has 0 atom stereocenters. The molecule has 0 radical (unpaired) electrons. The first-order valence-electron chi connectivity index (χ1n) is 14.3. The van der Waals surface area contributed by atoms with Crippen LogP contribution in [0.4, 0.5) is 16.3 Å². The Hall–Kier alpha value is -3.91. The second-order valence-corrected chi connectivity index (χ2v) is 13.3. The molecule has 8 heteroatoms. The van der Waals surface area contributed by atoms with Gasteiger partial charge in [-0.15, -0.1) is 11.3 Å². The van der Waals surface area contributed by atoms with E-state index in [9.17, 15) is 9.59 Å². The fraction of sp³-hybridized carbons (Fsp3) is 0.364. The molecule has 4 aromatic rings. The van der Waals surface area contributed by atoms with E-state index in [1.165, 1.54) is 10.4 Å². The van der Waals surface area contributed by atoms with E-state index in [-0.39, 0.29) is 17.4 Å². The highest BCUT2D eigenvalue weighted by molar-refractivity contribution is 7.13. The smallest absolute Gasteiger partial charge is 0.324 e. The minimum Gasteiger partial charge on any atom is -0.338 e. The molecular weight excluding hydrogens is 530 g/mol. The van der Waals surface area contributed by atoms with Crippen molar-refractivity contribution in [1.29, 1.82) is 0 Å². The van der Waals surface area contributed by atoms with Crippen molar-refractivity contribution in [3.63, 3.8) is 0 Å². The summed E-state index contributed by atoms with van der Waals surface area (Å²) in [6.45, 7) is 12.0. The number of urea groups is 1. The Labute approximate surface area is 246 Å². The number of anilines is 2. The molecule has 0 aliphatic carbocycles. The zero-order valence-corrected chi connectivity index (χ0v) is 25.3. The van der Waals surface area contributed by atoms with Crippen LogP contribution in [0.1, 0.15) is 65.0 Å². The number of nitrogens with one attached hydrogen (secondary N) is 2. The molecule has 1 aliphatic rings. The third kappa shape index (κ3) is 7.06. The number of nitrogens with zero attached hydrogens (tertiary/aromatic N) is 3. The molecule has 2 aromatic heterocycles. The number of likely N-dealkylation sites (tertiary alicyclic amines) is 1. The van der Waals surface area contributed by atoms with Crippen molar-refractivity contribution in [2.45, 2.75) is 59.3 Å². The Kier molecular flexibility index (Phi) is 8.31. The lowest BCUT2D eigenvalue weighted by Gasteiger charge is -2.32. The summed E-state index contributed by atoms with van der Waals surface area (Å²) in [7, 11) is 0. The van der Waals surface area contributed by atoms with Gasteiger partial charge in [0.2, 0.25) is 0 Å². The van der Waals surface area contributed by atoms with E-state index in [2.05, 4.69) is 43.5 Å². The van der Waals surface area contributed by atoms with E-state index in [1.54, 1.807) is 16.0 Å². The lowest BCUT2D eigenvalue weighted by Crippen LogP contribution is -2.38. The van der Waals surface area contributed by atoms with Gasteiger partial charge in [-0.05, 0) is 81.0 Å². The quantitative estimate of drug-likeness (QED) is 0.251. The molecule has 0 bridgehead atoms. The molecule has 0 spiro atoms.